The van der Waals surface area contributed by atoms with Crippen LogP contribution in [0.2, 0.25) is 0 Å². The van der Waals surface area contributed by atoms with Crippen LogP contribution in [0.1, 0.15) is 36.6 Å². The Labute approximate surface area is 141 Å². The van der Waals surface area contributed by atoms with Crippen LogP contribution >= 0.6 is 0 Å². The van der Waals surface area contributed by atoms with Crippen molar-refractivity contribution in [1.82, 2.24) is 14.9 Å². The number of benzene rings is 1. The fourth-order valence-electron chi connectivity index (χ4n) is 2.82. The average Bonchev–Trinajstić information content (AvgIpc) is 2.99. The highest BCUT2D eigenvalue weighted by Crippen LogP contribution is 2.21. The van der Waals surface area contributed by atoms with E-state index in [2.05, 4.69) is 21.8 Å². The molecule has 1 unspecified atom stereocenters. The second kappa shape index (κ2) is 7.01. The van der Waals surface area contributed by atoms with Gasteiger partial charge < -0.3 is 9.40 Å². The van der Waals surface area contributed by atoms with Gasteiger partial charge in [-0.15, -0.1) is 0 Å². The molecule has 1 N–H and O–H groups in total. The number of aromatic nitrogens is 2. The monoisotopic (exact) mass is 325 g/mol. The van der Waals surface area contributed by atoms with Crippen molar-refractivity contribution in [2.45, 2.75) is 32.7 Å². The highest BCUT2D eigenvalue weighted by molar-refractivity contribution is 5.77. The molecule has 1 aromatic carbocycles. The molecule has 0 spiro atoms. The molecule has 0 amide bonds. The number of nitrogens with one attached hydrogen (secondary N) is 1. The molecule has 126 valence electrons. The summed E-state index contributed by atoms with van der Waals surface area (Å²) in [5, 5.41) is 0.630. The summed E-state index contributed by atoms with van der Waals surface area (Å²) in [4.78, 5) is 21.7. The maximum absolute atomic E-state index is 12.1. The Morgan fingerprint density at radius 1 is 1.25 bits per heavy atom. The zero-order valence-electron chi connectivity index (χ0n) is 14.4. The molecular formula is C19H23N3O2. The van der Waals surface area contributed by atoms with Gasteiger partial charge in [-0.25, -0.2) is 4.98 Å². The number of aromatic amines is 1. The van der Waals surface area contributed by atoms with Crippen LogP contribution < -0.4 is 5.56 Å². The van der Waals surface area contributed by atoms with Crippen molar-refractivity contribution in [1.29, 1.82) is 0 Å². The molecule has 0 aliphatic heterocycles. The van der Waals surface area contributed by atoms with Crippen molar-refractivity contribution in [3.63, 3.8) is 0 Å². The molecule has 0 saturated carbocycles. The fraction of sp³-hybridized carbons (Fsp3) is 0.368. The van der Waals surface area contributed by atoms with Gasteiger partial charge in [0, 0.05) is 5.92 Å². The van der Waals surface area contributed by atoms with E-state index in [1.54, 1.807) is 6.07 Å². The number of aryl methyl sites for hydroxylation is 1. The van der Waals surface area contributed by atoms with Crippen molar-refractivity contribution in [2.24, 2.45) is 0 Å². The smallest absolute Gasteiger partial charge is 0.258 e. The van der Waals surface area contributed by atoms with Gasteiger partial charge >= 0.3 is 0 Å². The first-order valence-corrected chi connectivity index (χ1v) is 8.26. The van der Waals surface area contributed by atoms with Crippen LogP contribution in [-0.2, 0) is 6.54 Å². The van der Waals surface area contributed by atoms with Gasteiger partial charge in [0.1, 0.15) is 17.3 Å². The van der Waals surface area contributed by atoms with E-state index in [4.69, 9.17) is 4.42 Å². The van der Waals surface area contributed by atoms with Crippen LogP contribution in [0.15, 0.2) is 45.6 Å². The van der Waals surface area contributed by atoms with Gasteiger partial charge in [-0.1, -0.05) is 19.1 Å². The van der Waals surface area contributed by atoms with E-state index >= 15 is 0 Å². The topological polar surface area (TPSA) is 62.1 Å². The third-order valence-electron chi connectivity index (χ3n) is 4.27. The minimum atomic E-state index is -0.0802. The summed E-state index contributed by atoms with van der Waals surface area (Å²) in [6.07, 6.45) is 0.987. The summed E-state index contributed by atoms with van der Waals surface area (Å²) in [6.45, 7) is 5.65. The zero-order chi connectivity index (χ0) is 17.1. The van der Waals surface area contributed by atoms with Crippen molar-refractivity contribution in [3.8, 4) is 0 Å². The minimum absolute atomic E-state index is 0.0802. The maximum atomic E-state index is 12.1. The molecule has 0 aliphatic rings. The van der Waals surface area contributed by atoms with Gasteiger partial charge in [0.25, 0.3) is 5.56 Å². The molecule has 0 aliphatic carbocycles. The summed E-state index contributed by atoms with van der Waals surface area (Å²) in [6, 6.07) is 11.5. The number of hydrogen-bond donors (Lipinski definition) is 1. The number of furan rings is 1. The molecule has 0 fully saturated rings. The van der Waals surface area contributed by atoms with Crippen molar-refractivity contribution in [2.75, 3.05) is 13.6 Å². The quantitative estimate of drug-likeness (QED) is 0.754. The van der Waals surface area contributed by atoms with Crippen LogP contribution in [0, 0.1) is 6.92 Å². The Balaban J connectivity index is 1.62. The summed E-state index contributed by atoms with van der Waals surface area (Å²) in [5.74, 6) is 3.04. The van der Waals surface area contributed by atoms with Crippen molar-refractivity contribution < 1.29 is 4.42 Å². The second-order valence-corrected chi connectivity index (χ2v) is 6.41. The van der Waals surface area contributed by atoms with Gasteiger partial charge in [0.15, 0.2) is 0 Å². The van der Waals surface area contributed by atoms with Gasteiger partial charge in [0.05, 0.1) is 17.4 Å². The predicted octanol–water partition coefficient (Wildman–Crippen LogP) is 3.45. The molecule has 3 rings (SSSR count). The highest BCUT2D eigenvalue weighted by atomic mass is 16.3. The van der Waals surface area contributed by atoms with Crippen LogP contribution in [-0.4, -0.2) is 28.5 Å². The molecule has 3 aromatic rings. The SMILES string of the molecule is Cc1ccc(C(C)CCN(C)Cc2nc3ccccc3c(=O)[nH]2)o1. The molecule has 0 saturated heterocycles. The van der Waals surface area contributed by atoms with Crippen LogP contribution in [0.5, 0.6) is 0 Å². The third kappa shape index (κ3) is 3.74. The molecule has 0 radical (unpaired) electrons. The molecular weight excluding hydrogens is 302 g/mol. The fourth-order valence-corrected chi connectivity index (χ4v) is 2.82. The molecule has 5 nitrogen and oxygen atoms in total. The van der Waals surface area contributed by atoms with Gasteiger partial charge in [-0.3, -0.25) is 9.69 Å². The number of rotatable bonds is 6. The first-order valence-electron chi connectivity index (χ1n) is 8.26. The second-order valence-electron chi connectivity index (χ2n) is 6.41. The van der Waals surface area contributed by atoms with E-state index in [-0.39, 0.29) is 5.56 Å². The lowest BCUT2D eigenvalue weighted by Crippen LogP contribution is -2.23. The number of fused-ring (bicyclic) bond motifs is 1. The summed E-state index contributed by atoms with van der Waals surface area (Å²) in [5.41, 5.74) is 0.660. The lowest BCUT2D eigenvalue weighted by Gasteiger charge is -2.18. The molecule has 2 aromatic heterocycles. The molecule has 2 heterocycles. The lowest BCUT2D eigenvalue weighted by molar-refractivity contribution is 0.298. The molecule has 0 bridgehead atoms. The molecule has 24 heavy (non-hydrogen) atoms. The Kier molecular flexibility index (Phi) is 4.81. The van der Waals surface area contributed by atoms with Crippen LogP contribution in [0.25, 0.3) is 10.9 Å². The normalized spacial score (nSPS) is 12.8. The van der Waals surface area contributed by atoms with Crippen LogP contribution in [0.3, 0.4) is 0 Å². The zero-order valence-corrected chi connectivity index (χ0v) is 14.4. The van der Waals surface area contributed by atoms with Crippen LogP contribution in [0.4, 0.5) is 0 Å². The number of H-pyrrole nitrogens is 1. The van der Waals surface area contributed by atoms with Gasteiger partial charge in [-0.05, 0) is 51.2 Å². The highest BCUT2D eigenvalue weighted by Gasteiger charge is 2.12. The maximum Gasteiger partial charge on any atom is 0.258 e. The summed E-state index contributed by atoms with van der Waals surface area (Å²) in [7, 11) is 2.04. The van der Waals surface area contributed by atoms with Gasteiger partial charge in [-0.2, -0.15) is 0 Å². The first kappa shape index (κ1) is 16.5. The number of para-hydroxylation sites is 1. The Morgan fingerprint density at radius 2 is 2.04 bits per heavy atom. The van der Waals surface area contributed by atoms with Crippen molar-refractivity contribution in [3.05, 3.63) is 64.1 Å². The summed E-state index contributed by atoms with van der Waals surface area (Å²) < 4.78 is 5.68. The van der Waals surface area contributed by atoms with E-state index in [0.29, 0.717) is 23.7 Å². The largest absolute Gasteiger partial charge is 0.466 e. The first-order chi connectivity index (χ1) is 11.5. The van der Waals surface area contributed by atoms with E-state index in [1.165, 1.54) is 0 Å². The van der Waals surface area contributed by atoms with E-state index in [9.17, 15) is 4.79 Å². The van der Waals surface area contributed by atoms with Gasteiger partial charge in [0.2, 0.25) is 0 Å². The van der Waals surface area contributed by atoms with E-state index in [1.807, 2.05) is 44.3 Å². The predicted molar refractivity (Wildman–Crippen MR) is 95.2 cm³/mol. The Morgan fingerprint density at radius 3 is 2.79 bits per heavy atom. The average molecular weight is 325 g/mol. The molecule has 5 heteroatoms. The Bertz CT molecular complexity index is 881. The third-order valence-corrected chi connectivity index (χ3v) is 4.27. The number of hydrogen-bond acceptors (Lipinski definition) is 4. The van der Waals surface area contributed by atoms with E-state index < -0.39 is 0 Å². The standard InChI is InChI=1S/C19H23N3O2/c1-13(17-9-8-14(2)24-17)10-11-22(3)12-18-20-16-7-5-4-6-15(16)19(23)21-18/h4-9,13H,10-12H2,1-3H3,(H,20,21,23). The summed E-state index contributed by atoms with van der Waals surface area (Å²) >= 11 is 0. The number of nitrogens with zero attached hydrogens (tertiary/aromatic N) is 2. The minimum Gasteiger partial charge on any atom is -0.466 e. The molecule has 1 atom stereocenters. The van der Waals surface area contributed by atoms with E-state index in [0.717, 1.165) is 30.0 Å². The lowest BCUT2D eigenvalue weighted by atomic mass is 10.1. The Hall–Kier alpha value is -2.40. The van der Waals surface area contributed by atoms with Crippen molar-refractivity contribution >= 4 is 10.9 Å².